The van der Waals surface area contributed by atoms with E-state index in [1.165, 1.54) is 4.90 Å². The Hall–Kier alpha value is -3.58. The first-order valence-corrected chi connectivity index (χ1v) is 10.9. The minimum Gasteiger partial charge on any atom is -0.491 e. The van der Waals surface area contributed by atoms with Crippen molar-refractivity contribution in [1.29, 1.82) is 0 Å². The highest BCUT2D eigenvalue weighted by Gasteiger charge is 2.45. The lowest BCUT2D eigenvalue weighted by Gasteiger charge is -2.23. The summed E-state index contributed by atoms with van der Waals surface area (Å²) < 4.78 is 17.1. The van der Waals surface area contributed by atoms with Crippen molar-refractivity contribution >= 4 is 34.3 Å². The molecule has 0 saturated heterocycles. The molecule has 0 spiro atoms. The molecule has 0 bridgehead atoms. The lowest BCUT2D eigenvalue weighted by atomic mass is 9.98. The molecule has 7 nitrogen and oxygen atoms in total. The van der Waals surface area contributed by atoms with Gasteiger partial charge in [-0.15, -0.1) is 0 Å². The summed E-state index contributed by atoms with van der Waals surface area (Å²) in [5.41, 5.74) is 1.66. The van der Waals surface area contributed by atoms with Gasteiger partial charge in [0.25, 0.3) is 5.91 Å². The Morgan fingerprint density at radius 2 is 1.91 bits per heavy atom. The van der Waals surface area contributed by atoms with Crippen molar-refractivity contribution in [2.45, 2.75) is 39.8 Å². The van der Waals surface area contributed by atoms with Gasteiger partial charge in [0.05, 0.1) is 23.1 Å². The second-order valence-electron chi connectivity index (χ2n) is 8.38. The van der Waals surface area contributed by atoms with Gasteiger partial charge in [-0.1, -0.05) is 28.9 Å². The molecule has 1 aliphatic heterocycles. The lowest BCUT2D eigenvalue weighted by molar-refractivity contribution is 0.0969. The molecular formula is C25H21ClN2O5. The van der Waals surface area contributed by atoms with Gasteiger partial charge in [0, 0.05) is 11.1 Å². The van der Waals surface area contributed by atoms with Crippen molar-refractivity contribution in [3.63, 3.8) is 0 Å². The molecule has 0 aliphatic carbocycles. The van der Waals surface area contributed by atoms with Crippen LogP contribution in [0.15, 0.2) is 56.2 Å². The van der Waals surface area contributed by atoms with E-state index in [-0.39, 0.29) is 22.9 Å². The molecule has 0 saturated carbocycles. The zero-order valence-electron chi connectivity index (χ0n) is 18.5. The normalized spacial score (nSPS) is 15.5. The molecule has 2 aromatic carbocycles. The van der Waals surface area contributed by atoms with E-state index in [4.69, 9.17) is 25.3 Å². The summed E-state index contributed by atoms with van der Waals surface area (Å²) in [4.78, 5) is 28.7. The SMILES string of the molecule is Cc1cc(N2C(=O)c3oc4cc(C)c(Cl)cc4c(=O)c3[C@H]2c2cccc(OC(C)C)c2)no1. The number of halogens is 1. The molecule has 1 aliphatic rings. The number of aryl methyl sites for hydroxylation is 2. The number of carbonyl (C=O) groups is 1. The minimum atomic E-state index is -0.770. The highest BCUT2D eigenvalue weighted by molar-refractivity contribution is 6.32. The molecule has 168 valence electrons. The third-order valence-corrected chi connectivity index (χ3v) is 5.97. The minimum absolute atomic E-state index is 0.0185. The standard InChI is InChI=1S/C25H21ClN2O5/c1-12(2)31-16-7-5-6-15(10-16)22-21-23(29)17-11-18(26)13(3)8-19(17)32-24(21)25(30)28(22)20-9-14(4)33-27-20/h5-12,22H,1-4H3/t22-/m1/s1. The van der Waals surface area contributed by atoms with Crippen molar-refractivity contribution < 1.29 is 18.5 Å². The van der Waals surface area contributed by atoms with Gasteiger partial charge in [0.1, 0.15) is 17.1 Å². The van der Waals surface area contributed by atoms with E-state index in [0.717, 1.165) is 5.56 Å². The summed E-state index contributed by atoms with van der Waals surface area (Å²) >= 11 is 6.29. The van der Waals surface area contributed by atoms with Crippen LogP contribution in [-0.4, -0.2) is 17.2 Å². The molecule has 4 aromatic rings. The topological polar surface area (TPSA) is 85.8 Å². The molecular weight excluding hydrogens is 444 g/mol. The van der Waals surface area contributed by atoms with Crippen molar-refractivity contribution in [2.75, 3.05) is 4.90 Å². The van der Waals surface area contributed by atoms with Gasteiger partial charge >= 0.3 is 0 Å². The first kappa shape index (κ1) is 21.3. The van der Waals surface area contributed by atoms with Crippen LogP contribution < -0.4 is 15.1 Å². The molecule has 1 atom stereocenters. The number of ether oxygens (including phenoxy) is 1. The van der Waals surface area contributed by atoms with Gasteiger partial charge in [0.15, 0.2) is 11.2 Å². The Morgan fingerprint density at radius 3 is 2.61 bits per heavy atom. The highest BCUT2D eigenvalue weighted by Crippen LogP contribution is 2.42. The number of hydrogen-bond acceptors (Lipinski definition) is 6. The fourth-order valence-electron chi connectivity index (χ4n) is 4.14. The second-order valence-corrected chi connectivity index (χ2v) is 8.79. The largest absolute Gasteiger partial charge is 0.491 e. The number of aromatic nitrogens is 1. The summed E-state index contributed by atoms with van der Waals surface area (Å²) in [6.07, 6.45) is -0.0357. The van der Waals surface area contributed by atoms with E-state index in [0.29, 0.717) is 38.9 Å². The first-order valence-electron chi connectivity index (χ1n) is 10.5. The van der Waals surface area contributed by atoms with Crippen LogP contribution in [0.5, 0.6) is 5.75 Å². The molecule has 2 aromatic heterocycles. The maximum Gasteiger partial charge on any atom is 0.296 e. The van der Waals surface area contributed by atoms with E-state index in [1.807, 2.05) is 45.0 Å². The summed E-state index contributed by atoms with van der Waals surface area (Å²) in [6, 6.07) is 11.4. The average molecular weight is 465 g/mol. The fraction of sp³-hybridized carbons (Fsp3) is 0.240. The van der Waals surface area contributed by atoms with E-state index in [2.05, 4.69) is 5.16 Å². The predicted octanol–water partition coefficient (Wildman–Crippen LogP) is 5.59. The predicted molar refractivity (Wildman–Crippen MR) is 124 cm³/mol. The van der Waals surface area contributed by atoms with Crippen molar-refractivity contribution in [1.82, 2.24) is 5.16 Å². The second kappa shape index (κ2) is 7.78. The van der Waals surface area contributed by atoms with Crippen molar-refractivity contribution in [3.05, 3.63) is 85.9 Å². The molecule has 33 heavy (non-hydrogen) atoms. The van der Waals surface area contributed by atoms with Crippen LogP contribution in [0.4, 0.5) is 5.82 Å². The van der Waals surface area contributed by atoms with Crippen LogP contribution >= 0.6 is 11.6 Å². The van der Waals surface area contributed by atoms with Crippen LogP contribution in [0.1, 0.15) is 52.9 Å². The summed E-state index contributed by atoms with van der Waals surface area (Å²) in [5.74, 6) is 0.974. The van der Waals surface area contributed by atoms with Crippen LogP contribution in [0.25, 0.3) is 11.0 Å². The van der Waals surface area contributed by atoms with E-state index < -0.39 is 11.9 Å². The van der Waals surface area contributed by atoms with Gasteiger partial charge in [-0.25, -0.2) is 0 Å². The summed E-state index contributed by atoms with van der Waals surface area (Å²) in [5, 5.41) is 4.80. The number of nitrogens with zero attached hydrogens (tertiary/aromatic N) is 2. The average Bonchev–Trinajstić information content (AvgIpc) is 3.30. The maximum absolute atomic E-state index is 13.7. The van der Waals surface area contributed by atoms with Crippen molar-refractivity contribution in [2.24, 2.45) is 0 Å². The summed E-state index contributed by atoms with van der Waals surface area (Å²) in [6.45, 7) is 7.40. The van der Waals surface area contributed by atoms with Gasteiger partial charge in [0.2, 0.25) is 5.76 Å². The first-order chi connectivity index (χ1) is 15.7. The number of fused-ring (bicyclic) bond motifs is 2. The van der Waals surface area contributed by atoms with Crippen molar-refractivity contribution in [3.8, 4) is 5.75 Å². The Labute approximate surface area is 194 Å². The Balaban J connectivity index is 1.78. The number of hydrogen-bond donors (Lipinski definition) is 0. The van der Waals surface area contributed by atoms with Crippen LogP contribution in [-0.2, 0) is 0 Å². The number of benzene rings is 2. The number of rotatable bonds is 4. The molecule has 5 rings (SSSR count). The molecule has 0 radical (unpaired) electrons. The number of carbonyl (C=O) groups excluding carboxylic acids is 1. The molecule has 1 amide bonds. The molecule has 8 heteroatoms. The fourth-order valence-corrected chi connectivity index (χ4v) is 4.31. The quantitative estimate of drug-likeness (QED) is 0.391. The maximum atomic E-state index is 13.7. The number of anilines is 1. The van der Waals surface area contributed by atoms with Gasteiger partial charge in [-0.2, -0.15) is 0 Å². The Morgan fingerprint density at radius 1 is 1.12 bits per heavy atom. The van der Waals surface area contributed by atoms with Crippen LogP contribution in [0.2, 0.25) is 5.02 Å². The van der Waals surface area contributed by atoms with E-state index in [9.17, 15) is 9.59 Å². The Kier molecular flexibility index (Phi) is 5.01. The highest BCUT2D eigenvalue weighted by atomic mass is 35.5. The number of amides is 1. The molecule has 0 unspecified atom stereocenters. The van der Waals surface area contributed by atoms with E-state index >= 15 is 0 Å². The van der Waals surface area contributed by atoms with Gasteiger partial charge < -0.3 is 13.7 Å². The molecule has 0 N–H and O–H groups in total. The smallest absolute Gasteiger partial charge is 0.296 e. The molecule has 0 fully saturated rings. The van der Waals surface area contributed by atoms with Gasteiger partial charge in [-0.05, 0) is 63.1 Å². The van der Waals surface area contributed by atoms with Gasteiger partial charge in [-0.3, -0.25) is 14.5 Å². The Bertz CT molecular complexity index is 1470. The summed E-state index contributed by atoms with van der Waals surface area (Å²) in [7, 11) is 0. The third kappa shape index (κ3) is 3.49. The van der Waals surface area contributed by atoms with Crippen LogP contribution in [0.3, 0.4) is 0 Å². The van der Waals surface area contributed by atoms with E-state index in [1.54, 1.807) is 25.1 Å². The monoisotopic (exact) mass is 464 g/mol. The zero-order valence-corrected chi connectivity index (χ0v) is 19.3. The lowest BCUT2D eigenvalue weighted by Crippen LogP contribution is -2.29. The third-order valence-electron chi connectivity index (χ3n) is 5.56. The zero-order chi connectivity index (χ0) is 23.4. The molecule has 3 heterocycles. The van der Waals surface area contributed by atoms with Crippen LogP contribution in [0, 0.1) is 13.8 Å².